The highest BCUT2D eigenvalue weighted by molar-refractivity contribution is 6.33. The Morgan fingerprint density at radius 2 is 0.968 bits per heavy atom. The molecule has 0 saturated carbocycles. The van der Waals surface area contributed by atoms with E-state index in [0.717, 1.165) is 25.0 Å². The van der Waals surface area contributed by atoms with Crippen LogP contribution in [0.3, 0.4) is 0 Å². The molecule has 0 aliphatic rings. The molecule has 0 saturated heterocycles. The lowest BCUT2D eigenvalue weighted by Crippen LogP contribution is -2.32. The number of carbonyl (C=O) groups excluding carboxylic acids is 6. The maximum absolute atomic E-state index is 13.4. The third-order valence-corrected chi connectivity index (χ3v) is 10.2. The summed E-state index contributed by atoms with van der Waals surface area (Å²) >= 11 is 30.6. The number of alkyl halides is 3. The van der Waals surface area contributed by atoms with Crippen molar-refractivity contribution in [1.82, 2.24) is 0 Å². The van der Waals surface area contributed by atoms with Crippen LogP contribution in [0.25, 0.3) is 0 Å². The highest BCUT2D eigenvalue weighted by atomic mass is 35.5. The predicted octanol–water partition coefficient (Wildman–Crippen LogP) is 11.1. The second-order valence-electron chi connectivity index (χ2n) is 13.4. The van der Waals surface area contributed by atoms with Crippen molar-refractivity contribution in [2.75, 3.05) is 21.3 Å². The van der Waals surface area contributed by atoms with E-state index in [-0.39, 0.29) is 61.6 Å². The molecule has 5 aromatic rings. The van der Waals surface area contributed by atoms with E-state index < -0.39 is 47.3 Å². The number of halogens is 5. The average molecular weight is 937 g/mol. The van der Waals surface area contributed by atoms with Gasteiger partial charge in [0.1, 0.15) is 11.4 Å². The molecule has 0 aliphatic heterocycles. The largest absolute Gasteiger partial charge is 0.324 e. The van der Waals surface area contributed by atoms with E-state index in [1.807, 2.05) is 12.1 Å². The number of nitrogens with zero attached hydrogens (tertiary/aromatic N) is 4. The molecule has 0 bridgehead atoms. The van der Waals surface area contributed by atoms with Crippen LogP contribution in [0.15, 0.2) is 124 Å². The quantitative estimate of drug-likeness (QED) is 0.0406. The third-order valence-electron chi connectivity index (χ3n) is 8.70. The monoisotopic (exact) mass is 934 g/mol. The van der Waals surface area contributed by atoms with Gasteiger partial charge in [0.15, 0.2) is 11.6 Å². The fourth-order valence-electron chi connectivity index (χ4n) is 5.52. The minimum atomic E-state index is -1.62. The first-order valence-corrected chi connectivity index (χ1v) is 20.7. The van der Waals surface area contributed by atoms with Gasteiger partial charge in [-0.25, -0.2) is 0 Å². The van der Waals surface area contributed by atoms with E-state index in [2.05, 4.69) is 41.7 Å². The molecular formula is C43H35Cl5N8O6. The van der Waals surface area contributed by atoms with Gasteiger partial charge in [-0.1, -0.05) is 47.5 Å². The van der Waals surface area contributed by atoms with Crippen LogP contribution in [-0.2, 0) is 36.8 Å². The van der Waals surface area contributed by atoms with Gasteiger partial charge in [-0.05, 0) is 109 Å². The van der Waals surface area contributed by atoms with Crippen LogP contribution in [0.5, 0.6) is 0 Å². The van der Waals surface area contributed by atoms with Crippen molar-refractivity contribution in [3.05, 3.63) is 141 Å². The summed E-state index contributed by atoms with van der Waals surface area (Å²) in [5, 5.41) is 26.9. The van der Waals surface area contributed by atoms with Gasteiger partial charge in [0.25, 0.3) is 23.6 Å². The van der Waals surface area contributed by atoms with Crippen LogP contribution >= 0.6 is 58.0 Å². The molecule has 14 nitrogen and oxygen atoms in total. The van der Waals surface area contributed by atoms with E-state index in [4.69, 9.17) is 58.0 Å². The maximum Gasteiger partial charge on any atom is 0.258 e. The van der Waals surface area contributed by atoms with Crippen molar-refractivity contribution in [1.29, 1.82) is 0 Å². The Labute approximate surface area is 380 Å². The first-order valence-electron chi connectivity index (χ1n) is 18.3. The predicted molar refractivity (Wildman–Crippen MR) is 242 cm³/mol. The van der Waals surface area contributed by atoms with Crippen molar-refractivity contribution < 1.29 is 28.8 Å². The summed E-state index contributed by atoms with van der Waals surface area (Å²) < 4.78 is 0. The summed E-state index contributed by atoms with van der Waals surface area (Å²) in [7, 11) is 0. The Hall–Kier alpha value is -6.03. The Kier molecular flexibility index (Phi) is 16.8. The van der Waals surface area contributed by atoms with Gasteiger partial charge in [0.2, 0.25) is 12.1 Å². The molecule has 0 spiro atoms. The number of anilines is 4. The molecule has 0 fully saturated rings. The molecule has 4 amide bonds. The minimum absolute atomic E-state index is 0.0300. The van der Waals surface area contributed by atoms with Crippen molar-refractivity contribution in [2.45, 2.75) is 43.6 Å². The van der Waals surface area contributed by atoms with E-state index in [9.17, 15) is 28.8 Å². The van der Waals surface area contributed by atoms with Gasteiger partial charge in [0, 0.05) is 51.5 Å². The molecular weight excluding hydrogens is 902 g/mol. The fourth-order valence-corrected chi connectivity index (χ4v) is 6.39. The number of rotatable bonds is 17. The molecule has 0 aliphatic carbocycles. The van der Waals surface area contributed by atoms with E-state index in [0.29, 0.717) is 16.9 Å². The highest BCUT2D eigenvalue weighted by Gasteiger charge is 2.26. The number of nitrogens with one attached hydrogen (secondary N) is 4. The molecule has 0 heterocycles. The fraction of sp³-hybridized carbons (Fsp3) is 0.163. The lowest BCUT2D eigenvalue weighted by atomic mass is 10.1. The summed E-state index contributed by atoms with van der Waals surface area (Å²) in [6.45, 7) is 2.31. The zero-order valence-corrected chi connectivity index (χ0v) is 36.5. The van der Waals surface area contributed by atoms with Gasteiger partial charge >= 0.3 is 0 Å². The molecule has 19 heteroatoms. The number of ketones is 2. The third kappa shape index (κ3) is 12.8. The Morgan fingerprint density at radius 3 is 1.40 bits per heavy atom. The van der Waals surface area contributed by atoms with Gasteiger partial charge < -0.3 is 21.3 Å². The number of Topliss-reactive ketones (excluding diaryl/α,β-unsaturated/α-hetero) is 2. The number of azo groups is 2. The molecule has 62 heavy (non-hydrogen) atoms. The van der Waals surface area contributed by atoms with Crippen LogP contribution < -0.4 is 21.3 Å². The van der Waals surface area contributed by atoms with Crippen LogP contribution in [-0.4, -0.2) is 47.3 Å². The van der Waals surface area contributed by atoms with Crippen LogP contribution in [0.2, 0.25) is 10.0 Å². The van der Waals surface area contributed by atoms with Crippen molar-refractivity contribution in [2.24, 2.45) is 20.5 Å². The van der Waals surface area contributed by atoms with E-state index in [1.165, 1.54) is 54.6 Å². The lowest BCUT2D eigenvalue weighted by Gasteiger charge is -2.15. The van der Waals surface area contributed by atoms with Crippen molar-refractivity contribution in [3.63, 3.8) is 0 Å². The standard InChI is InChI=1S/C43H35Cl5N8O6/c1-23(57)38(55-53-36-18-27(9-12-33(36)47)40(59)49-30-7-3-5-25(15-30)20-44)42(61)51-32-11-14-35(29(17-32)22-46)52-43(62)39(24(2)58)56-54-37-19-28(10-13-34(37)48)41(60)50-31-8-4-6-26(16-31)21-45/h3-19,38-39H,20-22H2,1-2H3,(H,49,59)(H,50,60)(H,51,61)(H,52,62). The number of carbonyl (C=O) groups is 6. The Balaban J connectivity index is 1.25. The SMILES string of the molecule is CC(=O)C(N=Nc1cc(C(=O)Nc2cccc(CCl)c2)ccc1Cl)C(=O)Nc1ccc(NC(=O)C(N=Nc2cc(C(=O)Nc3cccc(CCl)c3)ccc2Cl)C(C)=O)c(CCl)c1. The molecule has 2 unspecified atom stereocenters. The summed E-state index contributed by atoms with van der Waals surface area (Å²) in [6.07, 6.45) is 0. The van der Waals surface area contributed by atoms with Crippen molar-refractivity contribution in [3.8, 4) is 0 Å². The number of benzene rings is 5. The average Bonchev–Trinajstić information content (AvgIpc) is 3.25. The highest BCUT2D eigenvalue weighted by Crippen LogP contribution is 2.30. The first-order chi connectivity index (χ1) is 29.7. The van der Waals surface area contributed by atoms with Crippen LogP contribution in [0.4, 0.5) is 34.1 Å². The van der Waals surface area contributed by atoms with Gasteiger partial charge in [-0.3, -0.25) is 28.8 Å². The van der Waals surface area contributed by atoms with Crippen LogP contribution in [0, 0.1) is 0 Å². The minimum Gasteiger partial charge on any atom is -0.324 e. The number of hydrogen-bond donors (Lipinski definition) is 4. The summed E-state index contributed by atoms with van der Waals surface area (Å²) in [4.78, 5) is 77.7. The molecule has 0 radical (unpaired) electrons. The molecule has 318 valence electrons. The molecule has 2 atom stereocenters. The Bertz CT molecular complexity index is 2610. The zero-order valence-electron chi connectivity index (χ0n) is 32.7. The number of hydrogen-bond acceptors (Lipinski definition) is 10. The summed E-state index contributed by atoms with van der Waals surface area (Å²) in [5.74, 6) is -3.56. The normalized spacial score (nSPS) is 12.1. The molecule has 5 rings (SSSR count). The van der Waals surface area contributed by atoms with E-state index >= 15 is 0 Å². The van der Waals surface area contributed by atoms with Gasteiger partial charge in [0.05, 0.1) is 10.0 Å². The molecule has 4 N–H and O–H groups in total. The molecule has 5 aromatic carbocycles. The first kappa shape index (κ1) is 47.0. The van der Waals surface area contributed by atoms with Gasteiger partial charge in [-0.2, -0.15) is 20.5 Å². The summed E-state index contributed by atoms with van der Waals surface area (Å²) in [5.41, 5.74) is 3.79. The van der Waals surface area contributed by atoms with Crippen molar-refractivity contribution >= 4 is 127 Å². The maximum atomic E-state index is 13.4. The van der Waals surface area contributed by atoms with Gasteiger partial charge in [-0.15, -0.1) is 34.8 Å². The second-order valence-corrected chi connectivity index (χ2v) is 15.0. The van der Waals surface area contributed by atoms with Crippen LogP contribution in [0.1, 0.15) is 51.3 Å². The Morgan fingerprint density at radius 1 is 0.516 bits per heavy atom. The smallest absolute Gasteiger partial charge is 0.258 e. The lowest BCUT2D eigenvalue weighted by molar-refractivity contribution is -0.127. The molecule has 0 aromatic heterocycles. The topological polar surface area (TPSA) is 200 Å². The summed E-state index contributed by atoms with van der Waals surface area (Å²) in [6, 6.07) is 23.6. The van der Waals surface area contributed by atoms with E-state index in [1.54, 1.807) is 36.4 Å². The second kappa shape index (κ2) is 22.2. The zero-order chi connectivity index (χ0) is 44.9. The number of amides is 4.